The third-order valence-electron chi connectivity index (χ3n) is 6.92. The number of Topliss-reactive ketones (excluding diaryl/α,β-unsaturated/α-hetero) is 1. The number of aryl methyl sites for hydroxylation is 1. The second-order valence-corrected chi connectivity index (χ2v) is 10.7. The number of aromatic nitrogens is 1. The van der Waals surface area contributed by atoms with Crippen LogP contribution >= 0.6 is 11.3 Å². The van der Waals surface area contributed by atoms with E-state index >= 15 is 0 Å². The van der Waals surface area contributed by atoms with Gasteiger partial charge in [-0.05, 0) is 62.2 Å². The number of aliphatic hydroxyl groups excluding tert-OH is 1. The number of carbonyl (C=O) groups is 3. The minimum absolute atomic E-state index is 0.0149. The lowest BCUT2D eigenvalue weighted by molar-refractivity contribution is -0.132. The third-order valence-corrected chi connectivity index (χ3v) is 8.05. The molecule has 1 saturated heterocycles. The Morgan fingerprint density at radius 3 is 2.71 bits per heavy atom. The van der Waals surface area contributed by atoms with Crippen molar-refractivity contribution in [3.05, 3.63) is 81.9 Å². The number of thiazole rings is 1. The van der Waals surface area contributed by atoms with Crippen molar-refractivity contribution in [2.45, 2.75) is 39.3 Å². The molecule has 2 aliphatic rings. The van der Waals surface area contributed by atoms with Gasteiger partial charge >= 0.3 is 11.9 Å². The van der Waals surface area contributed by atoms with Gasteiger partial charge in [-0.25, -0.2) is 9.78 Å². The zero-order valence-corrected chi connectivity index (χ0v) is 24.4. The van der Waals surface area contributed by atoms with Gasteiger partial charge in [0.05, 0.1) is 31.0 Å². The quantitative estimate of drug-likeness (QED) is 0.118. The Labute approximate surface area is 246 Å². The molecule has 0 saturated carbocycles. The lowest BCUT2D eigenvalue weighted by Crippen LogP contribution is -2.29. The van der Waals surface area contributed by atoms with Gasteiger partial charge in [-0.2, -0.15) is 0 Å². The van der Waals surface area contributed by atoms with E-state index in [-0.39, 0.29) is 34.1 Å². The topological polar surface area (TPSA) is 124 Å². The normalized spacial score (nSPS) is 18.9. The number of nitrogens with zero attached hydrogens (tertiary/aromatic N) is 2. The first-order chi connectivity index (χ1) is 20.2. The van der Waals surface area contributed by atoms with Crippen molar-refractivity contribution < 1.29 is 38.4 Å². The number of rotatable bonds is 9. The first kappa shape index (κ1) is 28.9. The first-order valence-electron chi connectivity index (χ1n) is 13.4. The molecule has 0 aliphatic carbocycles. The van der Waals surface area contributed by atoms with Crippen LogP contribution in [0.15, 0.2) is 54.6 Å². The maximum Gasteiger partial charge on any atom is 0.350 e. The summed E-state index contributed by atoms with van der Waals surface area (Å²) in [7, 11) is 1.25. The van der Waals surface area contributed by atoms with Crippen LogP contribution in [0.3, 0.4) is 0 Å². The Morgan fingerprint density at radius 1 is 1.21 bits per heavy atom. The van der Waals surface area contributed by atoms with E-state index in [1.807, 2.05) is 13.8 Å². The van der Waals surface area contributed by atoms with Gasteiger partial charge in [-0.15, -0.1) is 0 Å². The highest BCUT2D eigenvalue weighted by Crippen LogP contribution is 2.46. The number of methoxy groups -OCH3 is 1. The smallest absolute Gasteiger partial charge is 0.350 e. The SMILES string of the molecule is C=CCOc1ccc([C@@H]2C(=C(O)c3ccc4c(c3)C[C@@H](C)O4)C(=O)C(=O)N2c2nc(C)c(C(=O)OC)s2)cc1OCC. The number of hydrogen-bond acceptors (Lipinski definition) is 10. The van der Waals surface area contributed by atoms with Gasteiger partial charge in [0.2, 0.25) is 0 Å². The molecule has 0 bridgehead atoms. The molecular weight excluding hydrogens is 560 g/mol. The number of aliphatic hydroxyl groups is 1. The zero-order valence-electron chi connectivity index (χ0n) is 23.6. The first-order valence-corrected chi connectivity index (χ1v) is 14.2. The molecule has 2 atom stereocenters. The predicted octanol–water partition coefficient (Wildman–Crippen LogP) is 5.15. The summed E-state index contributed by atoms with van der Waals surface area (Å²) >= 11 is 0.928. The average Bonchev–Trinajstić information content (AvgIpc) is 3.63. The fraction of sp³-hybridized carbons (Fsp3) is 0.290. The molecule has 218 valence electrons. The van der Waals surface area contributed by atoms with Gasteiger partial charge in [0.1, 0.15) is 29.1 Å². The van der Waals surface area contributed by atoms with Gasteiger partial charge in [0, 0.05) is 12.0 Å². The monoisotopic (exact) mass is 590 g/mol. The molecule has 1 N–H and O–H groups in total. The standard InChI is InChI=1S/C31H30N2O8S/c1-6-12-40-22-11-8-18(15-23(22)39-7-2)25-24(26(34)19-9-10-21-20(14-19)13-16(3)41-21)27(35)29(36)33(25)31-32-17(4)28(42-31)30(37)38-5/h6,8-11,14-16,25,34H,1,7,12-13H2,2-5H3/t16-,25-/m1/s1. The summed E-state index contributed by atoms with van der Waals surface area (Å²) in [4.78, 5) is 45.5. The summed E-state index contributed by atoms with van der Waals surface area (Å²) in [6.45, 7) is 9.63. The van der Waals surface area contributed by atoms with Crippen molar-refractivity contribution >= 4 is 39.9 Å². The molecule has 11 heteroatoms. The average molecular weight is 591 g/mol. The Hall–Kier alpha value is -4.64. The maximum atomic E-state index is 13.7. The van der Waals surface area contributed by atoms with Crippen molar-refractivity contribution in [3.63, 3.8) is 0 Å². The van der Waals surface area contributed by atoms with Crippen molar-refractivity contribution in [1.82, 2.24) is 4.98 Å². The summed E-state index contributed by atoms with van der Waals surface area (Å²) in [5, 5.41) is 11.7. The lowest BCUT2D eigenvalue weighted by Gasteiger charge is -2.24. The number of ether oxygens (including phenoxy) is 4. The third kappa shape index (κ3) is 5.11. The van der Waals surface area contributed by atoms with Crippen LogP contribution < -0.4 is 19.1 Å². The number of benzene rings is 2. The number of carbonyl (C=O) groups excluding carboxylic acids is 3. The van der Waals surface area contributed by atoms with E-state index in [0.29, 0.717) is 47.1 Å². The maximum absolute atomic E-state index is 13.7. The van der Waals surface area contributed by atoms with Crippen LogP contribution in [0.2, 0.25) is 0 Å². The van der Waals surface area contributed by atoms with Crippen molar-refractivity contribution in [1.29, 1.82) is 0 Å². The molecule has 5 rings (SSSR count). The number of esters is 1. The molecule has 1 aromatic heterocycles. The second kappa shape index (κ2) is 11.7. The van der Waals surface area contributed by atoms with Gasteiger partial charge in [-0.3, -0.25) is 14.5 Å². The van der Waals surface area contributed by atoms with Crippen LogP contribution in [0, 0.1) is 6.92 Å². The van der Waals surface area contributed by atoms with Gasteiger partial charge in [-0.1, -0.05) is 30.1 Å². The zero-order chi connectivity index (χ0) is 30.1. The van der Waals surface area contributed by atoms with E-state index in [4.69, 9.17) is 18.9 Å². The van der Waals surface area contributed by atoms with Crippen molar-refractivity contribution in [2.75, 3.05) is 25.2 Å². The van der Waals surface area contributed by atoms with Crippen LogP contribution in [0.5, 0.6) is 17.2 Å². The molecule has 2 aliphatic heterocycles. The highest BCUT2D eigenvalue weighted by atomic mass is 32.1. The van der Waals surface area contributed by atoms with Gasteiger partial charge in [0.15, 0.2) is 16.6 Å². The fourth-order valence-electron chi connectivity index (χ4n) is 5.07. The second-order valence-electron chi connectivity index (χ2n) is 9.77. The van der Waals surface area contributed by atoms with Gasteiger partial charge in [0.25, 0.3) is 5.78 Å². The molecule has 10 nitrogen and oxygen atoms in total. The Bertz CT molecular complexity index is 1620. The molecule has 42 heavy (non-hydrogen) atoms. The van der Waals surface area contributed by atoms with E-state index in [1.165, 1.54) is 12.0 Å². The minimum atomic E-state index is -1.09. The number of anilines is 1. The van der Waals surface area contributed by atoms with E-state index in [0.717, 1.165) is 16.9 Å². The Kier molecular flexibility index (Phi) is 8.04. The van der Waals surface area contributed by atoms with Crippen LogP contribution in [0.25, 0.3) is 5.76 Å². The van der Waals surface area contributed by atoms with E-state index in [1.54, 1.807) is 49.4 Å². The summed E-state index contributed by atoms with van der Waals surface area (Å²) in [6.07, 6.45) is 2.23. The van der Waals surface area contributed by atoms with E-state index in [9.17, 15) is 19.5 Å². The summed E-state index contributed by atoms with van der Waals surface area (Å²) in [5.41, 5.74) is 1.95. The number of amides is 1. The molecule has 1 amide bonds. The van der Waals surface area contributed by atoms with Crippen molar-refractivity contribution in [2.24, 2.45) is 0 Å². The predicted molar refractivity (Wildman–Crippen MR) is 157 cm³/mol. The largest absolute Gasteiger partial charge is 0.507 e. The van der Waals surface area contributed by atoms with E-state index < -0.39 is 23.7 Å². The number of fused-ring (bicyclic) bond motifs is 1. The summed E-state index contributed by atoms with van der Waals surface area (Å²) in [6, 6.07) is 9.10. The molecule has 3 heterocycles. The molecular formula is C31H30N2O8S. The van der Waals surface area contributed by atoms with Crippen LogP contribution in [-0.4, -0.2) is 54.2 Å². The number of ketones is 1. The minimum Gasteiger partial charge on any atom is -0.507 e. The van der Waals surface area contributed by atoms with Crippen LogP contribution in [-0.2, 0) is 20.7 Å². The number of hydrogen-bond donors (Lipinski definition) is 1. The summed E-state index contributed by atoms with van der Waals surface area (Å²) in [5.74, 6) is -1.19. The fourth-order valence-corrected chi connectivity index (χ4v) is 6.08. The van der Waals surface area contributed by atoms with Crippen LogP contribution in [0.4, 0.5) is 5.13 Å². The van der Waals surface area contributed by atoms with Crippen LogP contribution in [0.1, 0.15) is 51.9 Å². The van der Waals surface area contributed by atoms with Gasteiger partial charge < -0.3 is 24.1 Å². The Morgan fingerprint density at radius 2 is 2.00 bits per heavy atom. The highest BCUT2D eigenvalue weighted by molar-refractivity contribution is 7.17. The molecule has 0 unspecified atom stereocenters. The molecule has 0 spiro atoms. The summed E-state index contributed by atoms with van der Waals surface area (Å²) < 4.78 is 22.2. The molecule has 1 fully saturated rings. The highest BCUT2D eigenvalue weighted by Gasteiger charge is 2.48. The van der Waals surface area contributed by atoms with Crippen molar-refractivity contribution in [3.8, 4) is 17.2 Å². The molecule has 3 aromatic rings. The van der Waals surface area contributed by atoms with E-state index in [2.05, 4.69) is 11.6 Å². The molecule has 2 aromatic carbocycles. The molecule has 0 radical (unpaired) electrons. The Balaban J connectivity index is 1.70. The lowest BCUT2D eigenvalue weighted by atomic mass is 9.94.